The van der Waals surface area contributed by atoms with Gasteiger partial charge >= 0.3 is 0 Å². The lowest BCUT2D eigenvalue weighted by molar-refractivity contribution is -0.135. The number of rotatable bonds is 8. The standard InChI is InChI=1S/C24H29N5O2S/c1-24(2)14-20(10-13-31-24)22(30)26-15-21-27-28-23(32-17-19-8-11-25-12-9-19)29(21)16-18-6-4-3-5-7-18/h3-9,11-12,20H,10,13-17H2,1-2H3,(H,26,30)/t20-/m1/s1. The van der Waals surface area contributed by atoms with Crippen LogP contribution in [0.1, 0.15) is 43.6 Å². The zero-order valence-electron chi connectivity index (χ0n) is 18.5. The number of hydrogen-bond acceptors (Lipinski definition) is 6. The predicted molar refractivity (Wildman–Crippen MR) is 124 cm³/mol. The van der Waals surface area contributed by atoms with E-state index in [4.69, 9.17) is 4.74 Å². The van der Waals surface area contributed by atoms with E-state index in [1.54, 1.807) is 24.2 Å². The highest BCUT2D eigenvalue weighted by Crippen LogP contribution is 2.29. The number of benzene rings is 1. The molecule has 3 aromatic rings. The van der Waals surface area contributed by atoms with Crippen molar-refractivity contribution >= 4 is 17.7 Å². The number of carbonyl (C=O) groups is 1. The van der Waals surface area contributed by atoms with Crippen molar-refractivity contribution in [2.24, 2.45) is 5.92 Å². The Morgan fingerprint density at radius 2 is 1.94 bits per heavy atom. The SMILES string of the molecule is CC1(C)C[C@H](C(=O)NCc2nnc(SCc3ccncc3)n2Cc2ccccc2)CCO1. The lowest BCUT2D eigenvalue weighted by Gasteiger charge is -2.34. The van der Waals surface area contributed by atoms with Gasteiger partial charge in [-0.25, -0.2) is 0 Å². The quantitative estimate of drug-likeness (QED) is 0.524. The van der Waals surface area contributed by atoms with E-state index in [0.29, 0.717) is 19.7 Å². The van der Waals surface area contributed by atoms with E-state index < -0.39 is 0 Å². The molecule has 1 aromatic carbocycles. The van der Waals surface area contributed by atoms with Gasteiger partial charge in [0.1, 0.15) is 0 Å². The molecule has 1 aliphatic heterocycles. The molecule has 7 nitrogen and oxygen atoms in total. The molecule has 1 fully saturated rings. The number of carbonyl (C=O) groups excluding carboxylic acids is 1. The second-order valence-corrected chi connectivity index (χ2v) is 9.57. The number of amides is 1. The predicted octanol–water partition coefficient (Wildman–Crippen LogP) is 3.84. The van der Waals surface area contributed by atoms with Gasteiger partial charge in [0.25, 0.3) is 0 Å². The lowest BCUT2D eigenvalue weighted by Crippen LogP contribution is -2.41. The van der Waals surface area contributed by atoms with E-state index in [2.05, 4.69) is 37.2 Å². The van der Waals surface area contributed by atoms with Gasteiger partial charge in [0, 0.05) is 30.7 Å². The molecule has 0 saturated carbocycles. The van der Waals surface area contributed by atoms with E-state index in [-0.39, 0.29) is 17.4 Å². The molecule has 0 spiro atoms. The molecule has 2 aromatic heterocycles. The smallest absolute Gasteiger partial charge is 0.223 e. The van der Waals surface area contributed by atoms with E-state index in [1.807, 2.05) is 44.2 Å². The fourth-order valence-corrected chi connectivity index (χ4v) is 4.79. The second kappa shape index (κ2) is 10.3. The van der Waals surface area contributed by atoms with Crippen LogP contribution in [0.2, 0.25) is 0 Å². The minimum atomic E-state index is -0.260. The third-order valence-electron chi connectivity index (χ3n) is 5.58. The number of nitrogens with zero attached hydrogens (tertiary/aromatic N) is 4. The first-order chi connectivity index (χ1) is 15.5. The summed E-state index contributed by atoms with van der Waals surface area (Å²) in [5, 5.41) is 12.8. The summed E-state index contributed by atoms with van der Waals surface area (Å²) >= 11 is 1.63. The Balaban J connectivity index is 1.46. The van der Waals surface area contributed by atoms with Crippen molar-refractivity contribution in [3.8, 4) is 0 Å². The van der Waals surface area contributed by atoms with Crippen molar-refractivity contribution in [2.45, 2.75) is 56.3 Å². The van der Waals surface area contributed by atoms with Crippen LogP contribution in [0.25, 0.3) is 0 Å². The largest absolute Gasteiger partial charge is 0.376 e. The molecule has 1 amide bonds. The van der Waals surface area contributed by atoms with Gasteiger partial charge in [-0.05, 0) is 49.9 Å². The molecule has 8 heteroatoms. The van der Waals surface area contributed by atoms with Crippen LogP contribution in [-0.4, -0.2) is 37.9 Å². The summed E-state index contributed by atoms with van der Waals surface area (Å²) in [5.41, 5.74) is 2.08. The van der Waals surface area contributed by atoms with Crippen LogP contribution in [0, 0.1) is 5.92 Å². The molecular weight excluding hydrogens is 422 g/mol. The Hall–Kier alpha value is -2.71. The maximum atomic E-state index is 12.8. The normalized spacial score (nSPS) is 17.8. The van der Waals surface area contributed by atoms with Crippen LogP contribution in [0.3, 0.4) is 0 Å². The summed E-state index contributed by atoms with van der Waals surface area (Å²) in [6, 6.07) is 14.2. The summed E-state index contributed by atoms with van der Waals surface area (Å²) < 4.78 is 7.84. The van der Waals surface area contributed by atoms with Gasteiger partial charge in [-0.3, -0.25) is 9.78 Å². The fraction of sp³-hybridized carbons (Fsp3) is 0.417. The second-order valence-electron chi connectivity index (χ2n) is 8.63. The van der Waals surface area contributed by atoms with Crippen LogP contribution < -0.4 is 5.32 Å². The first kappa shape index (κ1) is 22.5. The van der Waals surface area contributed by atoms with Gasteiger partial charge < -0.3 is 14.6 Å². The average Bonchev–Trinajstić information content (AvgIpc) is 3.18. The Bertz CT molecular complexity index is 1020. The van der Waals surface area contributed by atoms with Crippen LogP contribution in [0.5, 0.6) is 0 Å². The van der Waals surface area contributed by atoms with E-state index >= 15 is 0 Å². The molecule has 1 saturated heterocycles. The van der Waals surface area contributed by atoms with Crippen molar-refractivity contribution in [1.29, 1.82) is 0 Å². The first-order valence-electron chi connectivity index (χ1n) is 10.9. The van der Waals surface area contributed by atoms with Crippen LogP contribution in [0.15, 0.2) is 60.0 Å². The number of thioether (sulfide) groups is 1. The zero-order valence-corrected chi connectivity index (χ0v) is 19.3. The molecule has 4 rings (SSSR count). The van der Waals surface area contributed by atoms with E-state index in [9.17, 15) is 4.79 Å². The van der Waals surface area contributed by atoms with Crippen LogP contribution >= 0.6 is 11.8 Å². The maximum absolute atomic E-state index is 12.8. The summed E-state index contributed by atoms with van der Waals surface area (Å²) in [5.74, 6) is 1.55. The van der Waals surface area contributed by atoms with Gasteiger partial charge in [-0.1, -0.05) is 42.1 Å². The Morgan fingerprint density at radius 1 is 1.16 bits per heavy atom. The van der Waals surface area contributed by atoms with Crippen LogP contribution in [-0.2, 0) is 28.4 Å². The fourth-order valence-electron chi connectivity index (χ4n) is 3.87. The molecule has 168 valence electrons. The third-order valence-corrected chi connectivity index (χ3v) is 6.62. The molecule has 0 aliphatic carbocycles. The monoisotopic (exact) mass is 451 g/mol. The summed E-state index contributed by atoms with van der Waals surface area (Å²) in [4.78, 5) is 16.9. The topological polar surface area (TPSA) is 81.9 Å². The number of hydrogen-bond donors (Lipinski definition) is 1. The van der Waals surface area contributed by atoms with Gasteiger partial charge in [0.15, 0.2) is 11.0 Å². The Kier molecular flexibility index (Phi) is 7.22. The van der Waals surface area contributed by atoms with Crippen molar-refractivity contribution < 1.29 is 9.53 Å². The zero-order chi connectivity index (χ0) is 22.4. The molecule has 1 aliphatic rings. The summed E-state index contributed by atoms with van der Waals surface area (Å²) in [6.45, 7) is 5.70. The van der Waals surface area contributed by atoms with Crippen molar-refractivity contribution in [1.82, 2.24) is 25.1 Å². The van der Waals surface area contributed by atoms with Gasteiger partial charge in [-0.2, -0.15) is 0 Å². The minimum Gasteiger partial charge on any atom is -0.376 e. The number of aromatic nitrogens is 4. The highest BCUT2D eigenvalue weighted by atomic mass is 32.2. The Labute approximate surface area is 193 Å². The molecule has 0 unspecified atom stereocenters. The maximum Gasteiger partial charge on any atom is 0.223 e. The van der Waals surface area contributed by atoms with Gasteiger partial charge in [0.05, 0.1) is 18.7 Å². The van der Waals surface area contributed by atoms with E-state index in [1.165, 1.54) is 5.56 Å². The van der Waals surface area contributed by atoms with Crippen molar-refractivity contribution in [2.75, 3.05) is 6.61 Å². The highest BCUT2D eigenvalue weighted by Gasteiger charge is 2.32. The number of ether oxygens (including phenoxy) is 1. The molecule has 3 heterocycles. The van der Waals surface area contributed by atoms with Gasteiger partial charge in [0.2, 0.25) is 5.91 Å². The number of pyridine rings is 1. The van der Waals surface area contributed by atoms with Crippen LogP contribution in [0.4, 0.5) is 0 Å². The summed E-state index contributed by atoms with van der Waals surface area (Å²) in [6.07, 6.45) is 5.06. The number of nitrogens with one attached hydrogen (secondary N) is 1. The highest BCUT2D eigenvalue weighted by molar-refractivity contribution is 7.98. The molecular formula is C24H29N5O2S. The minimum absolute atomic E-state index is 0.0372. The van der Waals surface area contributed by atoms with Gasteiger partial charge in [-0.15, -0.1) is 10.2 Å². The van der Waals surface area contributed by atoms with Crippen molar-refractivity contribution in [3.63, 3.8) is 0 Å². The molecule has 1 atom stereocenters. The van der Waals surface area contributed by atoms with E-state index in [0.717, 1.165) is 35.1 Å². The summed E-state index contributed by atoms with van der Waals surface area (Å²) in [7, 11) is 0. The molecule has 32 heavy (non-hydrogen) atoms. The molecule has 1 N–H and O–H groups in total. The first-order valence-corrected chi connectivity index (χ1v) is 11.9. The molecule has 0 radical (unpaired) electrons. The Morgan fingerprint density at radius 3 is 2.69 bits per heavy atom. The lowest BCUT2D eigenvalue weighted by atomic mass is 9.88. The van der Waals surface area contributed by atoms with Crippen molar-refractivity contribution in [3.05, 3.63) is 71.8 Å². The third kappa shape index (κ3) is 5.95. The average molecular weight is 452 g/mol. The molecule has 0 bridgehead atoms.